The summed E-state index contributed by atoms with van der Waals surface area (Å²) in [6, 6.07) is -0.471. The van der Waals surface area contributed by atoms with E-state index in [2.05, 4.69) is 20.9 Å². The predicted molar refractivity (Wildman–Crippen MR) is 157 cm³/mol. The minimum Gasteiger partial charge on any atom is -0.472 e. The Labute approximate surface area is 251 Å². The van der Waals surface area contributed by atoms with Crippen molar-refractivity contribution in [3.8, 4) is 5.88 Å². The first-order chi connectivity index (χ1) is 19.4. The summed E-state index contributed by atoms with van der Waals surface area (Å²) in [5.41, 5.74) is 4.02. The van der Waals surface area contributed by atoms with Gasteiger partial charge in [-0.15, -0.1) is 0 Å². The molecule has 5 N–H and O–H groups in total. The minimum absolute atomic E-state index is 0.0213. The minimum atomic E-state index is -1.13. The highest BCUT2D eigenvalue weighted by Gasteiger charge is 2.46. The molecule has 1 saturated heterocycles. The number of halogens is 1. The third-order valence-electron chi connectivity index (χ3n) is 7.38. The van der Waals surface area contributed by atoms with Crippen LogP contribution in [0.15, 0.2) is 18.3 Å². The van der Waals surface area contributed by atoms with Gasteiger partial charge in [-0.1, -0.05) is 51.6 Å². The van der Waals surface area contributed by atoms with E-state index in [4.69, 9.17) is 22.1 Å². The topological polar surface area (TPSA) is 173 Å². The van der Waals surface area contributed by atoms with Crippen LogP contribution in [0.1, 0.15) is 73.6 Å². The van der Waals surface area contributed by atoms with Gasteiger partial charge in [0.25, 0.3) is 5.91 Å². The maximum atomic E-state index is 14.1. The Hall–Kier alpha value is -3.41. The Bertz CT molecular complexity index is 1170. The zero-order valence-corrected chi connectivity index (χ0v) is 25.9. The van der Waals surface area contributed by atoms with E-state index in [1.807, 2.05) is 41.5 Å². The summed E-state index contributed by atoms with van der Waals surface area (Å²) in [5, 5.41) is 8.70. The molecule has 5 amide bonds. The lowest BCUT2D eigenvalue weighted by molar-refractivity contribution is -0.143. The SMILES string of the molecule is CC(C)(C)NC(=O)N[C@H](C(=O)N1C[C@H](Oc2ccc(Cl)cn2)C[C@H]1C(=O)NC(CC1CCC1)C(=O)C(N)=O)C(C)(C)C. The molecule has 1 unspecified atom stereocenters. The lowest BCUT2D eigenvalue weighted by atomic mass is 9.80. The van der Waals surface area contributed by atoms with Crippen molar-refractivity contribution in [1.82, 2.24) is 25.8 Å². The van der Waals surface area contributed by atoms with Gasteiger partial charge in [-0.25, -0.2) is 9.78 Å². The molecule has 232 valence electrons. The largest absolute Gasteiger partial charge is 0.472 e. The molecule has 1 aliphatic heterocycles. The summed E-state index contributed by atoms with van der Waals surface area (Å²) < 4.78 is 6.00. The number of urea groups is 1. The maximum Gasteiger partial charge on any atom is 0.315 e. The van der Waals surface area contributed by atoms with Crippen LogP contribution < -0.4 is 26.4 Å². The highest BCUT2D eigenvalue weighted by atomic mass is 35.5. The summed E-state index contributed by atoms with van der Waals surface area (Å²) in [6.45, 7) is 10.9. The average Bonchev–Trinajstić information content (AvgIpc) is 3.26. The second-order valence-electron chi connectivity index (χ2n) is 13.3. The van der Waals surface area contributed by atoms with E-state index in [1.165, 1.54) is 11.1 Å². The lowest BCUT2D eigenvalue weighted by Gasteiger charge is -2.36. The fraction of sp³-hybridized carbons (Fsp3) is 0.655. The fourth-order valence-electron chi connectivity index (χ4n) is 5.03. The molecule has 0 radical (unpaired) electrons. The van der Waals surface area contributed by atoms with Crippen LogP contribution in [0.4, 0.5) is 4.79 Å². The number of nitrogens with one attached hydrogen (secondary N) is 3. The van der Waals surface area contributed by atoms with Gasteiger partial charge in [0.15, 0.2) is 0 Å². The number of hydrogen-bond acceptors (Lipinski definition) is 7. The first kappa shape index (κ1) is 33.1. The van der Waals surface area contributed by atoms with E-state index in [-0.39, 0.29) is 24.8 Å². The molecular weight excluding hydrogens is 564 g/mol. The molecule has 42 heavy (non-hydrogen) atoms. The second-order valence-corrected chi connectivity index (χ2v) is 13.7. The number of ether oxygens (including phenoxy) is 1. The van der Waals surface area contributed by atoms with Crippen LogP contribution in [0.5, 0.6) is 5.88 Å². The number of carbonyl (C=O) groups excluding carboxylic acids is 5. The molecule has 1 aromatic rings. The molecule has 4 atom stereocenters. The molecule has 2 aliphatic rings. The quantitative estimate of drug-likeness (QED) is 0.296. The number of primary amides is 1. The molecule has 1 aliphatic carbocycles. The summed E-state index contributed by atoms with van der Waals surface area (Å²) in [4.78, 5) is 70.5. The zero-order valence-electron chi connectivity index (χ0n) is 25.2. The Morgan fingerprint density at radius 2 is 1.76 bits per heavy atom. The Morgan fingerprint density at radius 1 is 1.10 bits per heavy atom. The van der Waals surface area contributed by atoms with E-state index in [0.717, 1.165) is 19.3 Å². The third kappa shape index (κ3) is 9.04. The Morgan fingerprint density at radius 3 is 2.26 bits per heavy atom. The normalized spacial score (nSPS) is 20.6. The summed E-state index contributed by atoms with van der Waals surface area (Å²) in [5.74, 6) is -2.64. The molecule has 12 nitrogen and oxygen atoms in total. The van der Waals surface area contributed by atoms with Gasteiger partial charge in [-0.3, -0.25) is 19.2 Å². The smallest absolute Gasteiger partial charge is 0.315 e. The standard InChI is InChI=1S/C29H43ClN6O6/c1-28(2,3)23(34-27(41)35-29(4,5)6)26(40)36-15-18(42-21-11-10-17(30)14-32-21)13-20(36)25(39)33-19(22(37)24(31)38)12-16-8-7-9-16/h10-11,14,16,18-20,23H,7-9,12-13,15H2,1-6H3,(H2,31,38)(H,33,39)(H2,34,35,41)/t18-,19?,20+,23-/m1/s1. The average molecular weight is 607 g/mol. The van der Waals surface area contributed by atoms with Crippen LogP contribution in [0.2, 0.25) is 5.02 Å². The number of pyridine rings is 1. The fourth-order valence-corrected chi connectivity index (χ4v) is 5.14. The Balaban J connectivity index is 1.88. The molecule has 1 saturated carbocycles. The molecule has 1 aromatic heterocycles. The van der Waals surface area contributed by atoms with Gasteiger partial charge >= 0.3 is 6.03 Å². The Kier molecular flexibility index (Phi) is 10.5. The molecule has 2 fully saturated rings. The van der Waals surface area contributed by atoms with Gasteiger partial charge < -0.3 is 31.3 Å². The highest BCUT2D eigenvalue weighted by molar-refractivity contribution is 6.37. The van der Waals surface area contributed by atoms with E-state index in [1.54, 1.807) is 12.1 Å². The monoisotopic (exact) mass is 606 g/mol. The third-order valence-corrected chi connectivity index (χ3v) is 7.61. The van der Waals surface area contributed by atoms with Gasteiger partial charge in [-0.05, 0) is 44.6 Å². The van der Waals surface area contributed by atoms with Crippen molar-refractivity contribution in [3.63, 3.8) is 0 Å². The van der Waals surface area contributed by atoms with Crippen molar-refractivity contribution in [2.75, 3.05) is 6.54 Å². The summed E-state index contributed by atoms with van der Waals surface area (Å²) in [7, 11) is 0. The van der Waals surface area contributed by atoms with Crippen molar-refractivity contribution in [2.45, 2.75) is 103 Å². The van der Waals surface area contributed by atoms with Gasteiger partial charge in [0.05, 0.1) is 17.6 Å². The number of aromatic nitrogens is 1. The molecule has 3 rings (SSSR count). The van der Waals surface area contributed by atoms with Gasteiger partial charge in [-0.2, -0.15) is 0 Å². The maximum absolute atomic E-state index is 14.1. The number of nitrogens with two attached hydrogens (primary N) is 1. The summed E-state index contributed by atoms with van der Waals surface area (Å²) in [6.07, 6.45) is 3.99. The molecule has 0 bridgehead atoms. The molecule has 2 heterocycles. The first-order valence-electron chi connectivity index (χ1n) is 14.3. The highest BCUT2D eigenvalue weighted by Crippen LogP contribution is 2.32. The first-order valence-corrected chi connectivity index (χ1v) is 14.6. The molecule has 0 spiro atoms. The second kappa shape index (κ2) is 13.3. The van der Waals surface area contributed by atoms with Crippen LogP contribution in [0, 0.1) is 11.3 Å². The predicted octanol–water partition coefficient (Wildman–Crippen LogP) is 2.33. The van der Waals surface area contributed by atoms with Crippen molar-refractivity contribution < 1.29 is 28.7 Å². The van der Waals surface area contributed by atoms with Crippen LogP contribution in [-0.2, 0) is 19.2 Å². The molecular formula is C29H43ClN6O6. The number of carbonyl (C=O) groups is 5. The summed E-state index contributed by atoms with van der Waals surface area (Å²) >= 11 is 5.94. The number of rotatable bonds is 10. The van der Waals surface area contributed by atoms with E-state index in [9.17, 15) is 24.0 Å². The van der Waals surface area contributed by atoms with Crippen LogP contribution in [0.25, 0.3) is 0 Å². The van der Waals surface area contributed by atoms with Crippen LogP contribution in [0.3, 0.4) is 0 Å². The zero-order chi connectivity index (χ0) is 31.4. The van der Waals surface area contributed by atoms with Crippen molar-refractivity contribution >= 4 is 41.1 Å². The van der Waals surface area contributed by atoms with Crippen molar-refractivity contribution in [2.24, 2.45) is 17.1 Å². The van der Waals surface area contributed by atoms with Gasteiger partial charge in [0.2, 0.25) is 23.5 Å². The van der Waals surface area contributed by atoms with Crippen molar-refractivity contribution in [3.05, 3.63) is 23.4 Å². The number of amides is 5. The van der Waals surface area contributed by atoms with E-state index >= 15 is 0 Å². The number of Topliss-reactive ketones (excluding diaryl/α,β-unsaturated/α-hetero) is 1. The number of ketones is 1. The van der Waals surface area contributed by atoms with E-state index < -0.39 is 64.7 Å². The number of likely N-dealkylation sites (tertiary alicyclic amines) is 1. The molecule has 13 heteroatoms. The number of hydrogen-bond donors (Lipinski definition) is 4. The van der Waals surface area contributed by atoms with E-state index in [0.29, 0.717) is 11.4 Å². The van der Waals surface area contributed by atoms with Crippen molar-refractivity contribution in [1.29, 1.82) is 0 Å². The van der Waals surface area contributed by atoms with Crippen LogP contribution >= 0.6 is 11.6 Å². The van der Waals surface area contributed by atoms with Gasteiger partial charge in [0.1, 0.15) is 18.2 Å². The van der Waals surface area contributed by atoms with Crippen LogP contribution in [-0.4, -0.2) is 75.7 Å². The lowest BCUT2D eigenvalue weighted by Crippen LogP contribution is -2.61. The van der Waals surface area contributed by atoms with Gasteiger partial charge in [0, 0.05) is 24.2 Å². The number of nitrogens with zero attached hydrogens (tertiary/aromatic N) is 2. The molecule has 0 aromatic carbocycles.